The first-order valence-corrected chi connectivity index (χ1v) is 6.10. The topological polar surface area (TPSA) is 56.7 Å². The van der Waals surface area contributed by atoms with Gasteiger partial charge in [-0.3, -0.25) is 0 Å². The molecule has 0 amide bonds. The van der Waals surface area contributed by atoms with Crippen molar-refractivity contribution in [2.24, 2.45) is 0 Å². The van der Waals surface area contributed by atoms with Crippen molar-refractivity contribution in [2.75, 3.05) is 0 Å². The zero-order valence-electron chi connectivity index (χ0n) is 9.54. The van der Waals surface area contributed by atoms with Gasteiger partial charge < -0.3 is 9.09 Å². The van der Waals surface area contributed by atoms with Gasteiger partial charge in [-0.2, -0.15) is 0 Å². The minimum absolute atomic E-state index is 0.372. The summed E-state index contributed by atoms with van der Waals surface area (Å²) in [6, 6.07) is 2.31. The molecule has 0 aromatic carbocycles. The molecular formula is C10H14N4OS. The zero-order chi connectivity index (χ0) is 11.5. The second kappa shape index (κ2) is 4.69. The SMILES string of the molecule is Cc1cc(CSc2nncn2C(C)C)no1. The Morgan fingerprint density at radius 1 is 1.50 bits per heavy atom. The molecule has 86 valence electrons. The zero-order valence-corrected chi connectivity index (χ0v) is 10.4. The molecule has 0 fully saturated rings. The molecule has 6 heteroatoms. The van der Waals surface area contributed by atoms with Crippen LogP contribution in [0.3, 0.4) is 0 Å². The van der Waals surface area contributed by atoms with Crippen LogP contribution in [0.15, 0.2) is 22.1 Å². The normalized spacial score (nSPS) is 11.2. The summed E-state index contributed by atoms with van der Waals surface area (Å²) in [5.74, 6) is 1.59. The molecule has 2 rings (SSSR count). The maximum Gasteiger partial charge on any atom is 0.191 e. The Balaban J connectivity index is 2.02. The summed E-state index contributed by atoms with van der Waals surface area (Å²) in [5, 5.41) is 12.8. The van der Waals surface area contributed by atoms with Crippen LogP contribution in [-0.2, 0) is 5.75 Å². The Bertz CT molecular complexity index is 463. The molecular weight excluding hydrogens is 224 g/mol. The number of hydrogen-bond donors (Lipinski definition) is 0. The van der Waals surface area contributed by atoms with E-state index in [-0.39, 0.29) is 0 Å². The maximum absolute atomic E-state index is 5.01. The van der Waals surface area contributed by atoms with Crippen LogP contribution in [-0.4, -0.2) is 19.9 Å². The van der Waals surface area contributed by atoms with E-state index in [0.29, 0.717) is 6.04 Å². The van der Waals surface area contributed by atoms with Gasteiger partial charge in [-0.1, -0.05) is 16.9 Å². The Morgan fingerprint density at radius 3 is 2.94 bits per heavy atom. The molecule has 5 nitrogen and oxygen atoms in total. The first-order chi connectivity index (χ1) is 7.66. The van der Waals surface area contributed by atoms with Gasteiger partial charge in [0.2, 0.25) is 0 Å². The average molecular weight is 238 g/mol. The van der Waals surface area contributed by atoms with E-state index in [9.17, 15) is 0 Å². The molecule has 0 radical (unpaired) electrons. The van der Waals surface area contributed by atoms with Crippen molar-refractivity contribution >= 4 is 11.8 Å². The molecule has 2 aromatic heterocycles. The van der Waals surface area contributed by atoms with Gasteiger partial charge >= 0.3 is 0 Å². The number of hydrogen-bond acceptors (Lipinski definition) is 5. The molecule has 2 aromatic rings. The molecule has 0 bridgehead atoms. The molecule has 0 spiro atoms. The average Bonchev–Trinajstić information content (AvgIpc) is 2.83. The maximum atomic E-state index is 5.01. The van der Waals surface area contributed by atoms with Crippen molar-refractivity contribution in [3.63, 3.8) is 0 Å². The van der Waals surface area contributed by atoms with Crippen molar-refractivity contribution in [3.8, 4) is 0 Å². The summed E-state index contributed by atoms with van der Waals surface area (Å²) >= 11 is 1.62. The van der Waals surface area contributed by atoms with Gasteiger partial charge in [-0.05, 0) is 20.8 Å². The molecule has 0 aliphatic rings. The van der Waals surface area contributed by atoms with Gasteiger partial charge in [0, 0.05) is 17.9 Å². The van der Waals surface area contributed by atoms with Crippen LogP contribution in [0.2, 0.25) is 0 Å². The van der Waals surface area contributed by atoms with Crippen molar-refractivity contribution in [1.82, 2.24) is 19.9 Å². The third kappa shape index (κ3) is 2.44. The molecule has 0 unspecified atom stereocenters. The molecule has 0 saturated carbocycles. The van der Waals surface area contributed by atoms with Crippen LogP contribution < -0.4 is 0 Å². The lowest BCUT2D eigenvalue weighted by Gasteiger charge is -2.08. The van der Waals surface area contributed by atoms with Crippen LogP contribution in [0.5, 0.6) is 0 Å². The van der Waals surface area contributed by atoms with Crippen LogP contribution in [0.1, 0.15) is 31.3 Å². The Labute approximate surface area is 98.2 Å². The Kier molecular flexibility index (Phi) is 3.28. The number of rotatable bonds is 4. The fraction of sp³-hybridized carbons (Fsp3) is 0.500. The van der Waals surface area contributed by atoms with E-state index in [4.69, 9.17) is 4.52 Å². The highest BCUT2D eigenvalue weighted by Crippen LogP contribution is 2.22. The summed E-state index contributed by atoms with van der Waals surface area (Å²) < 4.78 is 7.05. The van der Waals surface area contributed by atoms with Crippen LogP contribution in [0.25, 0.3) is 0 Å². The highest BCUT2D eigenvalue weighted by molar-refractivity contribution is 7.98. The van der Waals surface area contributed by atoms with Gasteiger partial charge in [0.25, 0.3) is 0 Å². The van der Waals surface area contributed by atoms with E-state index in [2.05, 4.69) is 29.2 Å². The van der Waals surface area contributed by atoms with Gasteiger partial charge in [-0.25, -0.2) is 0 Å². The highest BCUT2D eigenvalue weighted by atomic mass is 32.2. The fourth-order valence-electron chi connectivity index (χ4n) is 1.31. The van der Waals surface area contributed by atoms with Gasteiger partial charge in [0.05, 0.1) is 5.69 Å². The monoisotopic (exact) mass is 238 g/mol. The molecule has 2 heterocycles. The number of nitrogens with zero attached hydrogens (tertiary/aromatic N) is 4. The second-order valence-electron chi connectivity index (χ2n) is 3.83. The quantitative estimate of drug-likeness (QED) is 0.766. The predicted molar refractivity (Wildman–Crippen MR) is 61.2 cm³/mol. The van der Waals surface area contributed by atoms with Crippen molar-refractivity contribution < 1.29 is 4.52 Å². The minimum atomic E-state index is 0.372. The molecule has 0 saturated heterocycles. The summed E-state index contributed by atoms with van der Waals surface area (Å²) in [4.78, 5) is 0. The number of aryl methyl sites for hydroxylation is 1. The largest absolute Gasteiger partial charge is 0.361 e. The lowest BCUT2D eigenvalue weighted by molar-refractivity contribution is 0.393. The minimum Gasteiger partial charge on any atom is -0.361 e. The summed E-state index contributed by atoms with van der Waals surface area (Å²) in [7, 11) is 0. The van der Waals surface area contributed by atoms with Crippen LogP contribution >= 0.6 is 11.8 Å². The van der Waals surface area contributed by atoms with E-state index in [1.165, 1.54) is 0 Å². The van der Waals surface area contributed by atoms with E-state index in [1.54, 1.807) is 18.1 Å². The lowest BCUT2D eigenvalue weighted by atomic mass is 10.4. The van der Waals surface area contributed by atoms with Crippen molar-refractivity contribution in [1.29, 1.82) is 0 Å². The molecule has 16 heavy (non-hydrogen) atoms. The standard InChI is InChI=1S/C10H14N4OS/c1-7(2)14-6-11-12-10(14)16-5-9-4-8(3)15-13-9/h4,6-7H,5H2,1-3H3. The van der Waals surface area contributed by atoms with Crippen molar-refractivity contribution in [2.45, 2.75) is 37.7 Å². The fourth-order valence-corrected chi connectivity index (χ4v) is 2.24. The summed E-state index contributed by atoms with van der Waals surface area (Å²) in [6.07, 6.45) is 1.75. The first-order valence-electron chi connectivity index (χ1n) is 5.11. The second-order valence-corrected chi connectivity index (χ2v) is 4.77. The number of thioether (sulfide) groups is 1. The van der Waals surface area contributed by atoms with Gasteiger partial charge in [0.1, 0.15) is 12.1 Å². The summed E-state index contributed by atoms with van der Waals surface area (Å²) in [5.41, 5.74) is 0.931. The highest BCUT2D eigenvalue weighted by Gasteiger charge is 2.09. The van der Waals surface area contributed by atoms with E-state index in [1.807, 2.05) is 17.6 Å². The molecule has 0 atom stereocenters. The lowest BCUT2D eigenvalue weighted by Crippen LogP contribution is -2.00. The summed E-state index contributed by atoms with van der Waals surface area (Å²) in [6.45, 7) is 6.10. The van der Waals surface area contributed by atoms with E-state index >= 15 is 0 Å². The van der Waals surface area contributed by atoms with Gasteiger partial charge in [0.15, 0.2) is 5.16 Å². The van der Waals surface area contributed by atoms with E-state index < -0.39 is 0 Å². The van der Waals surface area contributed by atoms with Crippen molar-refractivity contribution in [3.05, 3.63) is 23.8 Å². The third-order valence-corrected chi connectivity index (χ3v) is 3.11. The van der Waals surface area contributed by atoms with E-state index in [0.717, 1.165) is 22.4 Å². The smallest absolute Gasteiger partial charge is 0.191 e. The Hall–Kier alpha value is -1.30. The van der Waals surface area contributed by atoms with Crippen LogP contribution in [0.4, 0.5) is 0 Å². The molecule has 0 aliphatic carbocycles. The molecule has 0 N–H and O–H groups in total. The van der Waals surface area contributed by atoms with Gasteiger partial charge in [-0.15, -0.1) is 10.2 Å². The van der Waals surface area contributed by atoms with Crippen LogP contribution in [0, 0.1) is 6.92 Å². The first kappa shape index (κ1) is 11.2. The molecule has 0 aliphatic heterocycles. The Morgan fingerprint density at radius 2 is 2.31 bits per heavy atom. The number of aromatic nitrogens is 4. The third-order valence-electron chi connectivity index (χ3n) is 2.12. The predicted octanol–water partition coefficient (Wildman–Crippen LogP) is 2.45.